The minimum absolute atomic E-state index is 0.00364. The van der Waals surface area contributed by atoms with Crippen molar-refractivity contribution in [1.82, 2.24) is 0 Å². The highest BCUT2D eigenvalue weighted by Crippen LogP contribution is 2.31. The monoisotopic (exact) mass is 226 g/mol. The topological polar surface area (TPSA) is 64.4 Å². The van der Waals surface area contributed by atoms with Gasteiger partial charge in [0.1, 0.15) is 17.3 Å². The molecule has 0 aliphatic heterocycles. The van der Waals surface area contributed by atoms with E-state index in [2.05, 4.69) is 11.4 Å². The van der Waals surface area contributed by atoms with Crippen molar-refractivity contribution in [2.24, 2.45) is 0 Å². The van der Waals surface area contributed by atoms with E-state index in [1.165, 1.54) is 12.1 Å². The van der Waals surface area contributed by atoms with Crippen molar-refractivity contribution >= 4 is 23.0 Å². The number of nitro benzene ring substituents is 1. The number of nitrogens with one attached hydrogen (secondary N) is 1. The Morgan fingerprint density at radius 2 is 2.40 bits per heavy atom. The molecule has 6 heteroatoms. The van der Waals surface area contributed by atoms with Crippen LogP contribution >= 0.6 is 11.6 Å². The van der Waals surface area contributed by atoms with Gasteiger partial charge in [0.25, 0.3) is 0 Å². The SMILES string of the molecule is C#CCONc1cccc(Cl)c1[N+](=O)[O-]. The van der Waals surface area contributed by atoms with Crippen LogP contribution in [0.25, 0.3) is 0 Å². The number of hydrogen-bond donors (Lipinski definition) is 1. The van der Waals surface area contributed by atoms with Crippen LogP contribution in [0, 0.1) is 22.5 Å². The van der Waals surface area contributed by atoms with Crippen LogP contribution in [0.4, 0.5) is 11.4 Å². The molecule has 0 spiro atoms. The van der Waals surface area contributed by atoms with Crippen molar-refractivity contribution in [3.63, 3.8) is 0 Å². The normalized spacial score (nSPS) is 9.33. The van der Waals surface area contributed by atoms with Crippen LogP contribution in [0.3, 0.4) is 0 Å². The second kappa shape index (κ2) is 5.20. The van der Waals surface area contributed by atoms with Gasteiger partial charge in [0.2, 0.25) is 0 Å². The highest BCUT2D eigenvalue weighted by Gasteiger charge is 2.17. The standard InChI is InChI=1S/C9H7ClN2O3/c1-2-6-15-11-8-5-3-4-7(10)9(8)12(13)14/h1,3-5,11H,6H2. The lowest BCUT2D eigenvalue weighted by Gasteiger charge is -2.05. The Morgan fingerprint density at radius 1 is 1.67 bits per heavy atom. The smallest absolute Gasteiger partial charge is 0.263 e. The van der Waals surface area contributed by atoms with Crippen LogP contribution in [-0.4, -0.2) is 11.5 Å². The number of terminal acetylenes is 1. The van der Waals surface area contributed by atoms with E-state index in [9.17, 15) is 10.1 Å². The van der Waals surface area contributed by atoms with Crippen LogP contribution in [0.2, 0.25) is 5.02 Å². The number of para-hydroxylation sites is 1. The van der Waals surface area contributed by atoms with Crippen molar-refractivity contribution in [1.29, 1.82) is 0 Å². The highest BCUT2D eigenvalue weighted by atomic mass is 35.5. The van der Waals surface area contributed by atoms with Crippen LogP contribution < -0.4 is 5.48 Å². The molecule has 0 fully saturated rings. The quantitative estimate of drug-likeness (QED) is 0.370. The molecule has 0 heterocycles. The fraction of sp³-hybridized carbons (Fsp3) is 0.111. The van der Waals surface area contributed by atoms with Gasteiger partial charge in [-0.2, -0.15) is 0 Å². The molecule has 15 heavy (non-hydrogen) atoms. The summed E-state index contributed by atoms with van der Waals surface area (Å²) in [4.78, 5) is 14.8. The molecule has 0 amide bonds. The van der Waals surface area contributed by atoms with Gasteiger partial charge in [-0.25, -0.2) is 0 Å². The van der Waals surface area contributed by atoms with Crippen molar-refractivity contribution in [3.05, 3.63) is 33.3 Å². The van der Waals surface area contributed by atoms with E-state index < -0.39 is 4.92 Å². The summed E-state index contributed by atoms with van der Waals surface area (Å²) in [5.74, 6) is 2.21. The number of halogens is 1. The molecule has 0 unspecified atom stereocenters. The number of nitro groups is 1. The zero-order valence-corrected chi connectivity index (χ0v) is 8.32. The van der Waals surface area contributed by atoms with Crippen molar-refractivity contribution < 1.29 is 9.76 Å². The lowest BCUT2D eigenvalue weighted by Crippen LogP contribution is -2.04. The van der Waals surface area contributed by atoms with E-state index in [-0.39, 0.29) is 23.0 Å². The fourth-order valence-corrected chi connectivity index (χ4v) is 1.18. The van der Waals surface area contributed by atoms with Crippen LogP contribution in [-0.2, 0) is 4.84 Å². The highest BCUT2D eigenvalue weighted by molar-refractivity contribution is 6.33. The molecule has 0 aliphatic carbocycles. The van der Waals surface area contributed by atoms with Crippen LogP contribution in [0.1, 0.15) is 0 Å². The summed E-state index contributed by atoms with van der Waals surface area (Å²) in [6, 6.07) is 4.46. The lowest BCUT2D eigenvalue weighted by molar-refractivity contribution is -0.384. The third-order valence-corrected chi connectivity index (χ3v) is 1.81. The van der Waals surface area contributed by atoms with Gasteiger partial charge in [0.15, 0.2) is 0 Å². The van der Waals surface area contributed by atoms with Gasteiger partial charge in [-0.3, -0.25) is 20.4 Å². The number of hydrogen-bond acceptors (Lipinski definition) is 4. The number of rotatable bonds is 4. The average molecular weight is 227 g/mol. The van der Waals surface area contributed by atoms with Gasteiger partial charge < -0.3 is 0 Å². The molecule has 1 aromatic carbocycles. The van der Waals surface area contributed by atoms with Crippen molar-refractivity contribution in [2.45, 2.75) is 0 Å². The molecule has 0 aromatic heterocycles. The molecule has 0 saturated heterocycles. The maximum absolute atomic E-state index is 10.7. The largest absolute Gasteiger partial charge is 0.313 e. The molecular weight excluding hydrogens is 220 g/mol. The molecule has 1 aromatic rings. The minimum atomic E-state index is -0.593. The number of anilines is 1. The van der Waals surface area contributed by atoms with Crippen molar-refractivity contribution in [2.75, 3.05) is 12.1 Å². The predicted molar refractivity (Wildman–Crippen MR) is 56.5 cm³/mol. The molecule has 0 atom stereocenters. The zero-order chi connectivity index (χ0) is 11.3. The van der Waals surface area contributed by atoms with Crippen LogP contribution in [0.15, 0.2) is 18.2 Å². The van der Waals surface area contributed by atoms with Crippen LogP contribution in [0.5, 0.6) is 0 Å². The number of benzene rings is 1. The second-order valence-electron chi connectivity index (χ2n) is 2.49. The van der Waals surface area contributed by atoms with E-state index in [1.54, 1.807) is 6.07 Å². The maximum Gasteiger partial charge on any atom is 0.313 e. The third kappa shape index (κ3) is 2.84. The Hall–Kier alpha value is -1.77. The van der Waals surface area contributed by atoms with E-state index in [4.69, 9.17) is 22.9 Å². The summed E-state index contributed by atoms with van der Waals surface area (Å²) in [6.07, 6.45) is 4.95. The Morgan fingerprint density at radius 3 is 3.00 bits per heavy atom. The molecule has 1 N–H and O–H groups in total. The number of nitrogens with zero attached hydrogens (tertiary/aromatic N) is 1. The fourth-order valence-electron chi connectivity index (χ4n) is 0.939. The summed E-state index contributed by atoms with van der Waals surface area (Å²) < 4.78 is 0. The Labute approximate surface area is 91.1 Å². The third-order valence-electron chi connectivity index (χ3n) is 1.51. The van der Waals surface area contributed by atoms with Gasteiger partial charge in [-0.05, 0) is 12.1 Å². The van der Waals surface area contributed by atoms with E-state index in [1.807, 2.05) is 0 Å². The zero-order valence-electron chi connectivity index (χ0n) is 7.57. The minimum Gasteiger partial charge on any atom is -0.263 e. The molecule has 0 saturated carbocycles. The second-order valence-corrected chi connectivity index (χ2v) is 2.90. The first kappa shape index (κ1) is 11.3. The van der Waals surface area contributed by atoms with Crippen molar-refractivity contribution in [3.8, 4) is 12.3 Å². The summed E-state index contributed by atoms with van der Waals surface area (Å²) >= 11 is 5.66. The first-order chi connectivity index (χ1) is 7.16. The Bertz CT molecular complexity index is 414. The first-order valence-corrected chi connectivity index (χ1v) is 4.28. The Kier molecular flexibility index (Phi) is 3.92. The molecular formula is C9H7ClN2O3. The first-order valence-electron chi connectivity index (χ1n) is 3.91. The summed E-state index contributed by atoms with van der Waals surface area (Å²) in [5, 5.41) is 10.7. The average Bonchev–Trinajstić information content (AvgIpc) is 2.17. The van der Waals surface area contributed by atoms with Gasteiger partial charge in [-0.1, -0.05) is 23.6 Å². The Balaban J connectivity index is 2.92. The summed E-state index contributed by atoms with van der Waals surface area (Å²) in [6.45, 7) is 0.00364. The molecule has 0 bridgehead atoms. The molecule has 78 valence electrons. The lowest BCUT2D eigenvalue weighted by atomic mass is 10.3. The summed E-state index contributed by atoms with van der Waals surface area (Å²) in [5.41, 5.74) is 2.30. The molecule has 0 radical (unpaired) electrons. The summed E-state index contributed by atoms with van der Waals surface area (Å²) in [7, 11) is 0. The van der Waals surface area contributed by atoms with E-state index in [0.717, 1.165) is 0 Å². The predicted octanol–water partition coefficient (Wildman–Crippen LogP) is 2.22. The van der Waals surface area contributed by atoms with Gasteiger partial charge in [0.05, 0.1) is 4.92 Å². The van der Waals surface area contributed by atoms with E-state index in [0.29, 0.717) is 0 Å². The van der Waals surface area contributed by atoms with Gasteiger partial charge in [0, 0.05) is 0 Å². The van der Waals surface area contributed by atoms with Gasteiger partial charge >= 0.3 is 5.69 Å². The molecule has 0 aliphatic rings. The molecule has 1 rings (SSSR count). The van der Waals surface area contributed by atoms with E-state index >= 15 is 0 Å². The maximum atomic E-state index is 10.7. The molecule has 5 nitrogen and oxygen atoms in total. The van der Waals surface area contributed by atoms with Gasteiger partial charge in [-0.15, -0.1) is 6.42 Å².